The van der Waals surface area contributed by atoms with Crippen LogP contribution in [0.15, 0.2) is 12.2 Å². The standard InChI is InChI=1S/C54H107NO3/c1-3-5-7-9-11-13-15-17-19-21-23-24-25-26-27-28-29-30-32-34-36-38-40-42-44-46-48-50-54(58)55-52(51-56)53(57)49-47-45-43-41-39-37-35-33-31-22-20-18-16-14-12-10-8-6-4-2/h47,49,52-53,56-57H,3-46,48,50-51H2,1-2H3,(H,55,58)/b49-47+. The highest BCUT2D eigenvalue weighted by Gasteiger charge is 2.18. The molecule has 58 heavy (non-hydrogen) atoms. The fraction of sp³-hybridized carbons (Fsp3) is 0.944. The molecule has 0 aromatic rings. The van der Waals surface area contributed by atoms with Crippen LogP contribution < -0.4 is 5.32 Å². The summed E-state index contributed by atoms with van der Waals surface area (Å²) in [4.78, 5) is 12.5. The zero-order valence-electron chi connectivity index (χ0n) is 39.8. The van der Waals surface area contributed by atoms with Crippen LogP contribution in [0.25, 0.3) is 0 Å². The van der Waals surface area contributed by atoms with Gasteiger partial charge in [-0.05, 0) is 19.3 Å². The minimum absolute atomic E-state index is 0.0562. The van der Waals surface area contributed by atoms with E-state index in [1.54, 1.807) is 6.08 Å². The summed E-state index contributed by atoms with van der Waals surface area (Å²) in [7, 11) is 0. The van der Waals surface area contributed by atoms with E-state index in [0.29, 0.717) is 6.42 Å². The number of hydrogen-bond donors (Lipinski definition) is 3. The molecule has 0 heterocycles. The molecule has 1 amide bonds. The predicted octanol–water partition coefficient (Wildman–Crippen LogP) is 17.4. The molecule has 0 radical (unpaired) electrons. The van der Waals surface area contributed by atoms with Gasteiger partial charge in [-0.1, -0.05) is 296 Å². The van der Waals surface area contributed by atoms with E-state index in [2.05, 4.69) is 19.2 Å². The fourth-order valence-electron chi connectivity index (χ4n) is 8.65. The Hall–Kier alpha value is -0.870. The molecule has 0 aromatic heterocycles. The van der Waals surface area contributed by atoms with E-state index in [1.165, 1.54) is 263 Å². The molecular formula is C54H107NO3. The molecule has 346 valence electrons. The van der Waals surface area contributed by atoms with Crippen molar-refractivity contribution in [3.05, 3.63) is 12.2 Å². The average Bonchev–Trinajstić information content (AvgIpc) is 3.23. The van der Waals surface area contributed by atoms with Gasteiger partial charge in [0.2, 0.25) is 5.91 Å². The molecule has 3 N–H and O–H groups in total. The van der Waals surface area contributed by atoms with Crippen molar-refractivity contribution < 1.29 is 15.0 Å². The van der Waals surface area contributed by atoms with Crippen molar-refractivity contribution in [1.29, 1.82) is 0 Å². The molecule has 0 bridgehead atoms. The van der Waals surface area contributed by atoms with Gasteiger partial charge in [0.1, 0.15) is 0 Å². The molecule has 0 aliphatic heterocycles. The first-order valence-corrected chi connectivity index (χ1v) is 26.9. The number of rotatable bonds is 50. The van der Waals surface area contributed by atoms with Gasteiger partial charge in [-0.25, -0.2) is 0 Å². The highest BCUT2D eigenvalue weighted by molar-refractivity contribution is 5.76. The molecule has 0 aromatic carbocycles. The highest BCUT2D eigenvalue weighted by atomic mass is 16.3. The maximum absolute atomic E-state index is 12.5. The number of amides is 1. The van der Waals surface area contributed by atoms with E-state index in [1.807, 2.05) is 6.08 Å². The van der Waals surface area contributed by atoms with Gasteiger partial charge < -0.3 is 15.5 Å². The van der Waals surface area contributed by atoms with Crippen LogP contribution >= 0.6 is 0 Å². The number of carbonyl (C=O) groups excluding carboxylic acids is 1. The van der Waals surface area contributed by atoms with Gasteiger partial charge in [-0.2, -0.15) is 0 Å². The minimum atomic E-state index is -0.835. The van der Waals surface area contributed by atoms with Gasteiger partial charge >= 0.3 is 0 Å². The van der Waals surface area contributed by atoms with Gasteiger partial charge in [0.25, 0.3) is 0 Å². The Labute approximate surface area is 365 Å². The van der Waals surface area contributed by atoms with Crippen molar-refractivity contribution in [2.24, 2.45) is 0 Å². The molecule has 0 saturated carbocycles. The molecule has 4 heteroatoms. The smallest absolute Gasteiger partial charge is 0.220 e. The normalized spacial score (nSPS) is 12.8. The van der Waals surface area contributed by atoms with Gasteiger partial charge in [0.05, 0.1) is 18.8 Å². The van der Waals surface area contributed by atoms with Crippen LogP contribution in [0.3, 0.4) is 0 Å². The van der Waals surface area contributed by atoms with Crippen molar-refractivity contribution in [3.63, 3.8) is 0 Å². The number of unbranched alkanes of at least 4 members (excludes halogenated alkanes) is 43. The van der Waals surface area contributed by atoms with Crippen molar-refractivity contribution in [2.75, 3.05) is 6.61 Å². The van der Waals surface area contributed by atoms with Gasteiger partial charge in [0, 0.05) is 6.42 Å². The fourth-order valence-corrected chi connectivity index (χ4v) is 8.65. The third-order valence-electron chi connectivity index (χ3n) is 12.8. The number of aliphatic hydroxyl groups excluding tert-OH is 2. The monoisotopic (exact) mass is 818 g/mol. The number of hydrogen-bond acceptors (Lipinski definition) is 3. The van der Waals surface area contributed by atoms with Crippen LogP contribution in [0.1, 0.15) is 309 Å². The topological polar surface area (TPSA) is 69.6 Å². The van der Waals surface area contributed by atoms with Gasteiger partial charge in [-0.15, -0.1) is 0 Å². The third kappa shape index (κ3) is 46.2. The summed E-state index contributed by atoms with van der Waals surface area (Å²) in [6.45, 7) is 4.35. The predicted molar refractivity (Wildman–Crippen MR) is 258 cm³/mol. The lowest BCUT2D eigenvalue weighted by Gasteiger charge is -2.20. The quantitative estimate of drug-likeness (QED) is 0.0423. The Balaban J connectivity index is 3.44. The number of nitrogens with one attached hydrogen (secondary N) is 1. The minimum Gasteiger partial charge on any atom is -0.394 e. The van der Waals surface area contributed by atoms with Crippen molar-refractivity contribution >= 4 is 5.91 Å². The first-order valence-electron chi connectivity index (χ1n) is 26.9. The van der Waals surface area contributed by atoms with E-state index < -0.39 is 12.1 Å². The number of allylic oxidation sites excluding steroid dienone is 1. The Morgan fingerprint density at radius 2 is 0.638 bits per heavy atom. The summed E-state index contributed by atoms with van der Waals surface area (Å²) in [6, 6.07) is -0.617. The first-order chi connectivity index (χ1) is 28.7. The van der Waals surface area contributed by atoms with Crippen molar-refractivity contribution in [3.8, 4) is 0 Å². The zero-order chi connectivity index (χ0) is 42.1. The van der Waals surface area contributed by atoms with Crippen LogP contribution in [0, 0.1) is 0 Å². The van der Waals surface area contributed by atoms with Gasteiger partial charge in [0.15, 0.2) is 0 Å². The SMILES string of the molecule is CCCCCCCCCCCCCCCCCCC/C=C/C(O)C(CO)NC(=O)CCCCCCCCCCCCCCCCCCCCCCCCCCCCC. The molecule has 2 unspecified atom stereocenters. The Bertz CT molecular complexity index is 799. The number of aliphatic hydroxyl groups is 2. The second-order valence-corrected chi connectivity index (χ2v) is 18.7. The second kappa shape index (κ2) is 50.5. The number of carbonyl (C=O) groups is 1. The largest absolute Gasteiger partial charge is 0.394 e. The van der Waals surface area contributed by atoms with E-state index >= 15 is 0 Å². The first kappa shape index (κ1) is 57.1. The van der Waals surface area contributed by atoms with Crippen molar-refractivity contribution in [2.45, 2.75) is 321 Å². The third-order valence-corrected chi connectivity index (χ3v) is 12.8. The summed E-state index contributed by atoms with van der Waals surface area (Å²) in [5.74, 6) is -0.0562. The summed E-state index contributed by atoms with van der Waals surface area (Å²) in [6.07, 6.45) is 65.1. The lowest BCUT2D eigenvalue weighted by molar-refractivity contribution is -0.123. The molecule has 4 nitrogen and oxygen atoms in total. The Morgan fingerprint density at radius 1 is 0.397 bits per heavy atom. The molecule has 0 saturated heterocycles. The maximum Gasteiger partial charge on any atom is 0.220 e. The summed E-state index contributed by atoms with van der Waals surface area (Å²) < 4.78 is 0. The van der Waals surface area contributed by atoms with Crippen LogP contribution in [0.2, 0.25) is 0 Å². The molecule has 0 rings (SSSR count). The second-order valence-electron chi connectivity index (χ2n) is 18.7. The molecule has 2 atom stereocenters. The summed E-state index contributed by atoms with van der Waals surface area (Å²) in [5, 5.41) is 23.1. The van der Waals surface area contributed by atoms with Crippen LogP contribution in [-0.4, -0.2) is 34.9 Å². The molecule has 0 spiro atoms. The van der Waals surface area contributed by atoms with Crippen LogP contribution in [0.5, 0.6) is 0 Å². The Kier molecular flexibility index (Phi) is 49.7. The summed E-state index contributed by atoms with van der Waals surface area (Å²) in [5.41, 5.74) is 0. The summed E-state index contributed by atoms with van der Waals surface area (Å²) >= 11 is 0. The van der Waals surface area contributed by atoms with E-state index in [-0.39, 0.29) is 12.5 Å². The van der Waals surface area contributed by atoms with Crippen LogP contribution in [-0.2, 0) is 4.79 Å². The van der Waals surface area contributed by atoms with E-state index in [4.69, 9.17) is 0 Å². The van der Waals surface area contributed by atoms with Crippen molar-refractivity contribution in [1.82, 2.24) is 5.32 Å². The van der Waals surface area contributed by atoms with Gasteiger partial charge in [-0.3, -0.25) is 4.79 Å². The Morgan fingerprint density at radius 3 is 0.897 bits per heavy atom. The molecule has 0 aliphatic rings. The molecule has 0 fully saturated rings. The lowest BCUT2D eigenvalue weighted by atomic mass is 10.0. The highest BCUT2D eigenvalue weighted by Crippen LogP contribution is 2.18. The maximum atomic E-state index is 12.5. The zero-order valence-corrected chi connectivity index (χ0v) is 39.8. The lowest BCUT2D eigenvalue weighted by Crippen LogP contribution is -2.45. The van der Waals surface area contributed by atoms with E-state index in [0.717, 1.165) is 25.7 Å². The average molecular weight is 818 g/mol. The molecular weight excluding hydrogens is 711 g/mol. The van der Waals surface area contributed by atoms with Crippen LogP contribution in [0.4, 0.5) is 0 Å². The van der Waals surface area contributed by atoms with E-state index in [9.17, 15) is 15.0 Å². The molecule has 0 aliphatic carbocycles.